The molecule has 1 atom stereocenters. The van der Waals surface area contributed by atoms with Gasteiger partial charge in [-0.3, -0.25) is 14.9 Å². The van der Waals surface area contributed by atoms with Crippen molar-refractivity contribution in [3.8, 4) is 0 Å². The van der Waals surface area contributed by atoms with Crippen LogP contribution in [0.4, 0.5) is 11.6 Å². The molecule has 2 aromatic rings. The molecule has 0 saturated carbocycles. The van der Waals surface area contributed by atoms with Crippen LogP contribution in [-0.4, -0.2) is 22.5 Å². The standard InChI is InChI=1S/C14H12N2O5/c17-14(18)11-8-15(12-4-2-1-3-10(11)12)7-9-5-6-13(21-9)16(19)20/h1-6,11H,7-8H2,(H,17,18). The smallest absolute Gasteiger partial charge is 0.433 e. The number of para-hydroxylation sites is 1. The molecule has 3 rings (SSSR count). The minimum absolute atomic E-state index is 0.300. The molecule has 1 N–H and O–H groups in total. The Kier molecular flexibility index (Phi) is 3.09. The van der Waals surface area contributed by atoms with Crippen LogP contribution in [0.1, 0.15) is 17.2 Å². The van der Waals surface area contributed by atoms with E-state index in [4.69, 9.17) is 4.42 Å². The van der Waals surface area contributed by atoms with Crippen molar-refractivity contribution in [1.29, 1.82) is 0 Å². The van der Waals surface area contributed by atoms with Gasteiger partial charge >= 0.3 is 11.9 Å². The Labute approximate surface area is 119 Å². The van der Waals surface area contributed by atoms with Gasteiger partial charge in [0.05, 0.1) is 12.6 Å². The summed E-state index contributed by atoms with van der Waals surface area (Å²) in [6.45, 7) is 0.623. The highest BCUT2D eigenvalue weighted by Gasteiger charge is 2.33. The summed E-state index contributed by atoms with van der Waals surface area (Å²) in [6.07, 6.45) is 0. The molecule has 0 bridgehead atoms. The van der Waals surface area contributed by atoms with Crippen molar-refractivity contribution in [2.75, 3.05) is 11.4 Å². The third-order valence-electron chi connectivity index (χ3n) is 3.53. The van der Waals surface area contributed by atoms with Crippen LogP contribution in [0.25, 0.3) is 0 Å². The number of carboxylic acid groups (broad SMARTS) is 1. The number of rotatable bonds is 4. The minimum atomic E-state index is -0.879. The molecule has 7 nitrogen and oxygen atoms in total. The van der Waals surface area contributed by atoms with Gasteiger partial charge in [0.2, 0.25) is 0 Å². The Hall–Kier alpha value is -2.83. The summed E-state index contributed by atoms with van der Waals surface area (Å²) in [7, 11) is 0. The van der Waals surface area contributed by atoms with Crippen LogP contribution in [0.3, 0.4) is 0 Å². The average Bonchev–Trinajstić information content (AvgIpc) is 3.05. The maximum atomic E-state index is 11.3. The minimum Gasteiger partial charge on any atom is -0.481 e. The van der Waals surface area contributed by atoms with Crippen LogP contribution in [0.5, 0.6) is 0 Å². The third-order valence-corrected chi connectivity index (χ3v) is 3.53. The van der Waals surface area contributed by atoms with Crippen molar-refractivity contribution in [2.24, 2.45) is 0 Å². The monoisotopic (exact) mass is 288 g/mol. The van der Waals surface area contributed by atoms with Crippen LogP contribution in [0, 0.1) is 10.1 Å². The van der Waals surface area contributed by atoms with E-state index in [1.807, 2.05) is 17.0 Å². The Morgan fingerprint density at radius 3 is 2.81 bits per heavy atom. The number of nitrogens with zero attached hydrogens (tertiary/aromatic N) is 2. The molecule has 21 heavy (non-hydrogen) atoms. The van der Waals surface area contributed by atoms with E-state index >= 15 is 0 Å². The summed E-state index contributed by atoms with van der Waals surface area (Å²) in [4.78, 5) is 23.2. The SMILES string of the molecule is O=C(O)C1CN(Cc2ccc([N+](=O)[O-])o2)c2ccccc21. The second-order valence-corrected chi connectivity index (χ2v) is 4.83. The Morgan fingerprint density at radius 1 is 1.38 bits per heavy atom. The van der Waals surface area contributed by atoms with Gasteiger partial charge < -0.3 is 14.4 Å². The first-order valence-corrected chi connectivity index (χ1v) is 6.36. The Bertz CT molecular complexity index is 709. The number of nitro groups is 1. The summed E-state index contributed by atoms with van der Waals surface area (Å²) < 4.78 is 5.13. The quantitative estimate of drug-likeness (QED) is 0.685. The molecule has 1 aliphatic rings. The molecular weight excluding hydrogens is 276 g/mol. The topological polar surface area (TPSA) is 96.8 Å². The number of furan rings is 1. The maximum absolute atomic E-state index is 11.3. The van der Waals surface area contributed by atoms with Crippen molar-refractivity contribution in [3.05, 3.63) is 57.8 Å². The van der Waals surface area contributed by atoms with Crippen molar-refractivity contribution in [1.82, 2.24) is 0 Å². The number of anilines is 1. The van der Waals surface area contributed by atoms with E-state index in [0.717, 1.165) is 11.3 Å². The maximum Gasteiger partial charge on any atom is 0.433 e. The van der Waals surface area contributed by atoms with Crippen LogP contribution in [-0.2, 0) is 11.3 Å². The van der Waals surface area contributed by atoms with Crippen LogP contribution in [0.15, 0.2) is 40.8 Å². The molecule has 7 heteroatoms. The zero-order chi connectivity index (χ0) is 15.0. The number of carbonyl (C=O) groups is 1. The summed E-state index contributed by atoms with van der Waals surface area (Å²) in [6, 6.07) is 10.1. The molecule has 0 fully saturated rings. The second kappa shape index (κ2) is 4.93. The van der Waals surface area contributed by atoms with Gasteiger partial charge in [-0.25, -0.2) is 0 Å². The molecule has 108 valence electrons. The highest BCUT2D eigenvalue weighted by molar-refractivity contribution is 5.82. The first-order valence-electron chi connectivity index (χ1n) is 6.36. The highest BCUT2D eigenvalue weighted by atomic mass is 16.6. The lowest BCUT2D eigenvalue weighted by atomic mass is 10.0. The van der Waals surface area contributed by atoms with E-state index in [0.29, 0.717) is 18.8 Å². The molecule has 1 aliphatic heterocycles. The van der Waals surface area contributed by atoms with Gasteiger partial charge in [0.25, 0.3) is 0 Å². The lowest BCUT2D eigenvalue weighted by Crippen LogP contribution is -2.23. The third kappa shape index (κ3) is 2.33. The first-order chi connectivity index (χ1) is 10.1. The predicted molar refractivity (Wildman–Crippen MR) is 73.2 cm³/mol. The Balaban J connectivity index is 1.86. The van der Waals surface area contributed by atoms with Gasteiger partial charge in [-0.1, -0.05) is 18.2 Å². The van der Waals surface area contributed by atoms with E-state index in [-0.39, 0.29) is 5.88 Å². The number of aliphatic carboxylic acids is 1. The molecule has 0 amide bonds. The molecule has 2 heterocycles. The summed E-state index contributed by atoms with van der Waals surface area (Å²) in [5, 5.41) is 19.9. The van der Waals surface area contributed by atoms with E-state index in [9.17, 15) is 20.0 Å². The number of hydrogen-bond donors (Lipinski definition) is 1. The van der Waals surface area contributed by atoms with E-state index in [1.165, 1.54) is 12.1 Å². The fourth-order valence-electron chi connectivity index (χ4n) is 2.59. The van der Waals surface area contributed by atoms with Crippen molar-refractivity contribution in [2.45, 2.75) is 12.5 Å². The molecular formula is C14H12N2O5. The van der Waals surface area contributed by atoms with E-state index < -0.39 is 16.8 Å². The van der Waals surface area contributed by atoms with Crippen LogP contribution >= 0.6 is 0 Å². The van der Waals surface area contributed by atoms with Gasteiger partial charge in [0.15, 0.2) is 0 Å². The summed E-state index contributed by atoms with van der Waals surface area (Å²) in [5.41, 5.74) is 1.58. The van der Waals surface area contributed by atoms with Gasteiger partial charge in [0.1, 0.15) is 16.6 Å². The number of carboxylic acids is 1. The Morgan fingerprint density at radius 2 is 2.14 bits per heavy atom. The van der Waals surface area contributed by atoms with Crippen molar-refractivity contribution < 1.29 is 19.2 Å². The fourth-order valence-corrected chi connectivity index (χ4v) is 2.59. The van der Waals surface area contributed by atoms with Gasteiger partial charge in [-0.05, 0) is 17.7 Å². The van der Waals surface area contributed by atoms with Crippen molar-refractivity contribution in [3.63, 3.8) is 0 Å². The largest absolute Gasteiger partial charge is 0.481 e. The molecule has 0 aliphatic carbocycles. The van der Waals surface area contributed by atoms with E-state index in [2.05, 4.69) is 0 Å². The number of fused-ring (bicyclic) bond motifs is 1. The zero-order valence-corrected chi connectivity index (χ0v) is 10.9. The second-order valence-electron chi connectivity index (χ2n) is 4.83. The average molecular weight is 288 g/mol. The molecule has 1 unspecified atom stereocenters. The number of benzene rings is 1. The fraction of sp³-hybridized carbons (Fsp3) is 0.214. The first kappa shape index (κ1) is 13.2. The van der Waals surface area contributed by atoms with Crippen LogP contribution in [0.2, 0.25) is 0 Å². The molecule has 1 aromatic carbocycles. The van der Waals surface area contributed by atoms with Gasteiger partial charge in [0, 0.05) is 12.2 Å². The molecule has 1 aromatic heterocycles. The summed E-state index contributed by atoms with van der Waals surface area (Å²) in [5.74, 6) is -1.35. The van der Waals surface area contributed by atoms with E-state index in [1.54, 1.807) is 12.1 Å². The zero-order valence-electron chi connectivity index (χ0n) is 10.9. The lowest BCUT2D eigenvalue weighted by molar-refractivity contribution is -0.402. The normalized spacial score (nSPS) is 16.8. The molecule has 0 radical (unpaired) electrons. The molecule has 0 spiro atoms. The molecule has 0 saturated heterocycles. The van der Waals surface area contributed by atoms with Gasteiger partial charge in [-0.2, -0.15) is 0 Å². The summed E-state index contributed by atoms with van der Waals surface area (Å²) >= 11 is 0. The van der Waals surface area contributed by atoms with Crippen molar-refractivity contribution >= 4 is 17.5 Å². The predicted octanol–water partition coefficient (Wildman–Crippen LogP) is 2.38. The highest BCUT2D eigenvalue weighted by Crippen LogP contribution is 2.37. The number of hydrogen-bond acceptors (Lipinski definition) is 5. The van der Waals surface area contributed by atoms with Crippen LogP contribution < -0.4 is 4.90 Å². The van der Waals surface area contributed by atoms with Gasteiger partial charge in [-0.15, -0.1) is 0 Å². The lowest BCUT2D eigenvalue weighted by Gasteiger charge is -2.17.